The van der Waals surface area contributed by atoms with Crippen molar-refractivity contribution < 1.29 is 4.79 Å². The van der Waals surface area contributed by atoms with Crippen molar-refractivity contribution in [3.63, 3.8) is 0 Å². The van der Waals surface area contributed by atoms with Crippen molar-refractivity contribution in [2.45, 2.75) is 13.1 Å². The Labute approximate surface area is 157 Å². The van der Waals surface area contributed by atoms with Crippen molar-refractivity contribution >= 4 is 23.3 Å². The predicted molar refractivity (Wildman–Crippen MR) is 103 cm³/mol. The van der Waals surface area contributed by atoms with Crippen molar-refractivity contribution in [2.75, 3.05) is 19.0 Å². The summed E-state index contributed by atoms with van der Waals surface area (Å²) in [7, 11) is 3.85. The monoisotopic (exact) mass is 369 g/mol. The molecule has 7 heteroatoms. The van der Waals surface area contributed by atoms with Crippen LogP contribution in [0.2, 0.25) is 5.02 Å². The Morgan fingerprint density at radius 1 is 1.19 bits per heavy atom. The van der Waals surface area contributed by atoms with E-state index in [9.17, 15) is 4.79 Å². The molecule has 0 unspecified atom stereocenters. The number of benzene rings is 1. The maximum atomic E-state index is 12.4. The van der Waals surface area contributed by atoms with Crippen LogP contribution in [0.1, 0.15) is 21.5 Å². The molecular weight excluding hydrogens is 350 g/mol. The number of nitrogens with one attached hydrogen (secondary N) is 1. The molecule has 0 radical (unpaired) electrons. The van der Waals surface area contributed by atoms with Crippen LogP contribution < -0.4 is 10.2 Å². The number of aromatic nitrogens is 3. The number of hydrogen-bond acceptors (Lipinski definition) is 4. The number of amides is 1. The SMILES string of the molecule is CN(C)c1ncccc1CNC(=O)c1cnn(Cc2ccccc2Cl)c1. The molecule has 0 fully saturated rings. The van der Waals surface area contributed by atoms with E-state index in [0.717, 1.165) is 16.9 Å². The average Bonchev–Trinajstić information content (AvgIpc) is 3.10. The summed E-state index contributed by atoms with van der Waals surface area (Å²) in [5.41, 5.74) is 2.41. The lowest BCUT2D eigenvalue weighted by Crippen LogP contribution is -2.24. The predicted octanol–water partition coefficient (Wildman–Crippen LogP) is 2.98. The molecule has 0 saturated heterocycles. The van der Waals surface area contributed by atoms with E-state index >= 15 is 0 Å². The van der Waals surface area contributed by atoms with Crippen molar-refractivity contribution in [3.8, 4) is 0 Å². The number of carbonyl (C=O) groups excluding carboxylic acids is 1. The molecule has 0 bridgehead atoms. The number of anilines is 1. The molecule has 1 N–H and O–H groups in total. The second-order valence-electron chi connectivity index (χ2n) is 6.08. The van der Waals surface area contributed by atoms with Crippen molar-refractivity contribution in [1.82, 2.24) is 20.1 Å². The van der Waals surface area contributed by atoms with Crippen molar-refractivity contribution in [1.29, 1.82) is 0 Å². The van der Waals surface area contributed by atoms with Gasteiger partial charge in [-0.2, -0.15) is 5.10 Å². The van der Waals surface area contributed by atoms with E-state index in [-0.39, 0.29) is 5.91 Å². The van der Waals surface area contributed by atoms with Crippen LogP contribution in [0.3, 0.4) is 0 Å². The van der Waals surface area contributed by atoms with Gasteiger partial charge in [-0.1, -0.05) is 35.9 Å². The Morgan fingerprint density at radius 3 is 2.73 bits per heavy atom. The fraction of sp³-hybridized carbons (Fsp3) is 0.211. The average molecular weight is 370 g/mol. The van der Waals surface area contributed by atoms with Crippen LogP contribution in [0.15, 0.2) is 55.0 Å². The maximum absolute atomic E-state index is 12.4. The molecule has 0 aliphatic heterocycles. The van der Waals surface area contributed by atoms with Crippen LogP contribution in [-0.4, -0.2) is 34.8 Å². The summed E-state index contributed by atoms with van der Waals surface area (Å²) >= 11 is 6.17. The summed E-state index contributed by atoms with van der Waals surface area (Å²) < 4.78 is 1.70. The first-order valence-corrected chi connectivity index (χ1v) is 8.57. The molecule has 0 spiro atoms. The first-order chi connectivity index (χ1) is 12.5. The third-order valence-corrected chi connectivity index (χ3v) is 4.28. The standard InChI is InChI=1S/C19H20ClN5O/c1-24(2)18-14(7-5-9-21-18)10-22-19(26)16-11-23-25(13-16)12-15-6-3-4-8-17(15)20/h3-9,11,13H,10,12H2,1-2H3,(H,22,26). The second-order valence-corrected chi connectivity index (χ2v) is 6.49. The summed E-state index contributed by atoms with van der Waals surface area (Å²) in [4.78, 5) is 18.7. The molecule has 0 aliphatic rings. The van der Waals surface area contributed by atoms with E-state index < -0.39 is 0 Å². The van der Waals surface area contributed by atoms with Gasteiger partial charge in [0.15, 0.2) is 0 Å². The first kappa shape index (κ1) is 17.9. The third-order valence-electron chi connectivity index (χ3n) is 3.92. The number of halogens is 1. The fourth-order valence-electron chi connectivity index (χ4n) is 2.62. The summed E-state index contributed by atoms with van der Waals surface area (Å²) in [5.74, 6) is 0.659. The number of nitrogens with zero attached hydrogens (tertiary/aromatic N) is 4. The summed E-state index contributed by atoms with van der Waals surface area (Å²) in [6.07, 6.45) is 5.01. The van der Waals surface area contributed by atoms with Gasteiger partial charge < -0.3 is 10.2 Å². The van der Waals surface area contributed by atoms with E-state index in [1.165, 1.54) is 0 Å². The van der Waals surface area contributed by atoms with Gasteiger partial charge in [-0.05, 0) is 17.7 Å². The summed E-state index contributed by atoms with van der Waals surface area (Å²) in [6, 6.07) is 11.4. The molecule has 26 heavy (non-hydrogen) atoms. The maximum Gasteiger partial charge on any atom is 0.254 e. The molecular formula is C19H20ClN5O. The molecule has 3 rings (SSSR count). The zero-order valence-corrected chi connectivity index (χ0v) is 15.4. The minimum Gasteiger partial charge on any atom is -0.362 e. The summed E-state index contributed by atoms with van der Waals surface area (Å²) in [6.45, 7) is 0.913. The highest BCUT2D eigenvalue weighted by molar-refractivity contribution is 6.31. The lowest BCUT2D eigenvalue weighted by molar-refractivity contribution is 0.0951. The third kappa shape index (κ3) is 4.21. The fourth-order valence-corrected chi connectivity index (χ4v) is 2.81. The van der Waals surface area contributed by atoms with Gasteiger partial charge >= 0.3 is 0 Å². The lowest BCUT2D eigenvalue weighted by Gasteiger charge is -2.15. The van der Waals surface area contributed by atoms with Crippen LogP contribution in [-0.2, 0) is 13.1 Å². The van der Waals surface area contributed by atoms with Gasteiger partial charge in [0.05, 0.1) is 18.3 Å². The van der Waals surface area contributed by atoms with E-state index in [1.807, 2.05) is 55.4 Å². The molecule has 1 aromatic carbocycles. The van der Waals surface area contributed by atoms with Gasteiger partial charge in [-0.25, -0.2) is 4.98 Å². The quantitative estimate of drug-likeness (QED) is 0.725. The normalized spacial score (nSPS) is 10.6. The molecule has 0 aliphatic carbocycles. The van der Waals surface area contributed by atoms with Gasteiger partial charge in [0.1, 0.15) is 5.82 Å². The van der Waals surface area contributed by atoms with Crippen LogP contribution in [0.25, 0.3) is 0 Å². The Balaban J connectivity index is 1.65. The van der Waals surface area contributed by atoms with Gasteiger partial charge in [-0.15, -0.1) is 0 Å². The molecule has 0 saturated carbocycles. The second kappa shape index (κ2) is 8.01. The highest BCUT2D eigenvalue weighted by Gasteiger charge is 2.11. The zero-order chi connectivity index (χ0) is 18.5. The van der Waals surface area contributed by atoms with Gasteiger partial charge in [0.25, 0.3) is 5.91 Å². The lowest BCUT2D eigenvalue weighted by atomic mass is 10.2. The first-order valence-electron chi connectivity index (χ1n) is 8.20. The Kier molecular flexibility index (Phi) is 5.53. The van der Waals surface area contributed by atoms with Gasteiger partial charge in [-0.3, -0.25) is 9.48 Å². The molecule has 6 nitrogen and oxygen atoms in total. The van der Waals surface area contributed by atoms with Gasteiger partial charge in [0, 0.05) is 43.6 Å². The highest BCUT2D eigenvalue weighted by atomic mass is 35.5. The van der Waals surface area contributed by atoms with E-state index in [2.05, 4.69) is 15.4 Å². The molecule has 2 heterocycles. The van der Waals surface area contributed by atoms with Crippen LogP contribution in [0.5, 0.6) is 0 Å². The number of rotatable bonds is 6. The van der Waals surface area contributed by atoms with Crippen LogP contribution >= 0.6 is 11.6 Å². The van der Waals surface area contributed by atoms with Crippen LogP contribution in [0.4, 0.5) is 5.82 Å². The zero-order valence-electron chi connectivity index (χ0n) is 14.7. The number of carbonyl (C=O) groups is 1. The smallest absolute Gasteiger partial charge is 0.254 e. The minimum atomic E-state index is -0.177. The van der Waals surface area contributed by atoms with E-state index in [0.29, 0.717) is 23.7 Å². The Hall–Kier alpha value is -2.86. The Morgan fingerprint density at radius 2 is 1.96 bits per heavy atom. The molecule has 1 amide bonds. The number of pyridine rings is 1. The van der Waals surface area contributed by atoms with Crippen LogP contribution in [0, 0.1) is 0 Å². The van der Waals surface area contributed by atoms with Gasteiger partial charge in [0.2, 0.25) is 0 Å². The minimum absolute atomic E-state index is 0.177. The topological polar surface area (TPSA) is 63.1 Å². The largest absolute Gasteiger partial charge is 0.362 e. The van der Waals surface area contributed by atoms with Crippen molar-refractivity contribution in [2.24, 2.45) is 0 Å². The van der Waals surface area contributed by atoms with E-state index in [1.54, 1.807) is 23.3 Å². The highest BCUT2D eigenvalue weighted by Crippen LogP contribution is 2.16. The van der Waals surface area contributed by atoms with Crippen molar-refractivity contribution in [3.05, 3.63) is 76.7 Å². The molecule has 3 aromatic rings. The summed E-state index contributed by atoms with van der Waals surface area (Å²) in [5, 5.41) is 7.85. The molecule has 0 atom stereocenters. The number of hydrogen-bond donors (Lipinski definition) is 1. The molecule has 134 valence electrons. The molecule has 2 aromatic heterocycles. The Bertz CT molecular complexity index is 906. The van der Waals surface area contributed by atoms with E-state index in [4.69, 9.17) is 11.6 Å².